The Labute approximate surface area is 171 Å². The molecule has 0 aromatic heterocycles. The minimum Gasteiger partial charge on any atom is -0.339 e. The third-order valence-corrected chi connectivity index (χ3v) is 7.04. The second kappa shape index (κ2) is 7.44. The first-order chi connectivity index (χ1) is 13.8. The number of nitrogens with zero attached hydrogens (tertiary/aromatic N) is 3. The molecule has 0 spiro atoms. The molecule has 1 saturated carbocycles. The van der Waals surface area contributed by atoms with Gasteiger partial charge in [0.2, 0.25) is 11.8 Å². The molecule has 0 radical (unpaired) electrons. The van der Waals surface area contributed by atoms with Gasteiger partial charge in [-0.05, 0) is 30.9 Å². The molecule has 1 aromatic carbocycles. The second-order valence-electron chi connectivity index (χ2n) is 8.19. The predicted octanol–water partition coefficient (Wildman–Crippen LogP) is 0.831. The number of aliphatic imine (C=N–C) groups is 1. The van der Waals surface area contributed by atoms with Crippen molar-refractivity contribution in [1.29, 1.82) is 0 Å². The summed E-state index contributed by atoms with van der Waals surface area (Å²) in [5, 5.41) is 0. The maximum atomic E-state index is 13.2. The lowest BCUT2D eigenvalue weighted by molar-refractivity contribution is -0.141. The van der Waals surface area contributed by atoms with Gasteiger partial charge in [0.05, 0.1) is 4.90 Å². The Bertz CT molecular complexity index is 960. The molecule has 29 heavy (non-hydrogen) atoms. The zero-order valence-electron chi connectivity index (χ0n) is 16.7. The highest BCUT2D eigenvalue weighted by molar-refractivity contribution is 7.90. The van der Waals surface area contributed by atoms with Gasteiger partial charge < -0.3 is 9.80 Å². The number of amides is 2. The van der Waals surface area contributed by atoms with Gasteiger partial charge in [-0.15, -0.1) is 0 Å². The van der Waals surface area contributed by atoms with Gasteiger partial charge in [0.1, 0.15) is 11.9 Å². The molecular weight excluding hydrogens is 392 g/mol. The van der Waals surface area contributed by atoms with E-state index in [9.17, 15) is 18.0 Å². The Morgan fingerprint density at radius 3 is 2.31 bits per heavy atom. The summed E-state index contributed by atoms with van der Waals surface area (Å²) in [5.41, 5.74) is 0.491. The fourth-order valence-electron chi connectivity index (χ4n) is 3.78. The van der Waals surface area contributed by atoms with Gasteiger partial charge >= 0.3 is 0 Å². The van der Waals surface area contributed by atoms with Gasteiger partial charge in [-0.1, -0.05) is 26.0 Å². The monoisotopic (exact) mass is 418 g/mol. The first-order valence-electron chi connectivity index (χ1n) is 10.1. The van der Waals surface area contributed by atoms with Crippen molar-refractivity contribution in [3.63, 3.8) is 0 Å². The van der Waals surface area contributed by atoms with Crippen LogP contribution in [0.2, 0.25) is 0 Å². The van der Waals surface area contributed by atoms with Crippen molar-refractivity contribution < 1.29 is 18.0 Å². The highest BCUT2D eigenvalue weighted by Crippen LogP contribution is 2.31. The van der Waals surface area contributed by atoms with E-state index in [4.69, 9.17) is 0 Å². The van der Waals surface area contributed by atoms with Gasteiger partial charge in [0.15, 0.2) is 0 Å². The largest absolute Gasteiger partial charge is 0.339 e. The van der Waals surface area contributed by atoms with E-state index in [1.54, 1.807) is 23.1 Å². The smallest absolute Gasteiger partial charge is 0.263 e. The van der Waals surface area contributed by atoms with Crippen LogP contribution >= 0.6 is 0 Å². The highest BCUT2D eigenvalue weighted by Gasteiger charge is 2.37. The summed E-state index contributed by atoms with van der Waals surface area (Å²) in [6, 6.07) is 5.94. The van der Waals surface area contributed by atoms with E-state index in [1.165, 1.54) is 6.07 Å². The van der Waals surface area contributed by atoms with E-state index in [0.717, 1.165) is 12.8 Å². The molecule has 4 rings (SSSR count). The van der Waals surface area contributed by atoms with Crippen molar-refractivity contribution in [1.82, 2.24) is 14.5 Å². The molecule has 8 nitrogen and oxygen atoms in total. The van der Waals surface area contributed by atoms with Crippen LogP contribution in [0.1, 0.15) is 32.3 Å². The third-order valence-electron chi connectivity index (χ3n) is 5.65. The summed E-state index contributed by atoms with van der Waals surface area (Å²) in [5.74, 6) is 0.375. The Kier molecular flexibility index (Phi) is 5.10. The summed E-state index contributed by atoms with van der Waals surface area (Å²) in [6.07, 6.45) is 1.95. The molecule has 9 heteroatoms. The molecule has 2 amide bonds. The molecule has 0 unspecified atom stereocenters. The number of hydrogen-bond acceptors (Lipinski definition) is 5. The summed E-state index contributed by atoms with van der Waals surface area (Å²) in [4.78, 5) is 33.7. The first-order valence-corrected chi connectivity index (χ1v) is 11.5. The third kappa shape index (κ3) is 3.88. The van der Waals surface area contributed by atoms with Gasteiger partial charge in [-0.3, -0.25) is 19.3 Å². The number of benzene rings is 1. The van der Waals surface area contributed by atoms with E-state index in [-0.39, 0.29) is 34.4 Å². The predicted molar refractivity (Wildman–Crippen MR) is 108 cm³/mol. The number of carbonyl (C=O) groups excluding carboxylic acids is 2. The quantitative estimate of drug-likeness (QED) is 0.783. The number of fused-ring (bicyclic) bond motifs is 1. The lowest BCUT2D eigenvalue weighted by Gasteiger charge is -2.36. The molecule has 2 heterocycles. The van der Waals surface area contributed by atoms with E-state index < -0.39 is 16.1 Å². The molecular formula is C20H26N4O4S. The molecule has 1 aliphatic carbocycles. The van der Waals surface area contributed by atoms with Crippen molar-refractivity contribution in [2.24, 2.45) is 16.8 Å². The number of nitrogens with one attached hydrogen (secondary N) is 1. The lowest BCUT2D eigenvalue weighted by atomic mass is 10.0. The first kappa shape index (κ1) is 19.9. The van der Waals surface area contributed by atoms with Crippen molar-refractivity contribution in [2.45, 2.75) is 37.6 Å². The second-order valence-corrected chi connectivity index (χ2v) is 9.84. The number of piperazine rings is 1. The van der Waals surface area contributed by atoms with E-state index in [2.05, 4.69) is 9.71 Å². The summed E-state index contributed by atoms with van der Waals surface area (Å²) < 4.78 is 27.1. The zero-order valence-corrected chi connectivity index (χ0v) is 17.5. The van der Waals surface area contributed by atoms with Crippen LogP contribution in [-0.2, 0) is 19.6 Å². The topological polar surface area (TPSA) is 99.1 Å². The molecule has 1 saturated heterocycles. The normalized spacial score (nSPS) is 23.1. The Morgan fingerprint density at radius 2 is 1.69 bits per heavy atom. The number of rotatable bonds is 4. The van der Waals surface area contributed by atoms with Gasteiger partial charge in [-0.25, -0.2) is 8.42 Å². The lowest BCUT2D eigenvalue weighted by Crippen LogP contribution is -2.53. The summed E-state index contributed by atoms with van der Waals surface area (Å²) in [7, 11) is -3.65. The average Bonchev–Trinajstić information content (AvgIpc) is 3.51. The molecule has 1 N–H and O–H groups in total. The van der Waals surface area contributed by atoms with Gasteiger partial charge in [0, 0.05) is 37.7 Å². The minimum atomic E-state index is -3.65. The van der Waals surface area contributed by atoms with Crippen molar-refractivity contribution in [3.05, 3.63) is 29.8 Å². The summed E-state index contributed by atoms with van der Waals surface area (Å²) in [6.45, 7) is 5.83. The Hall–Kier alpha value is -2.42. The van der Waals surface area contributed by atoms with Crippen LogP contribution in [0.25, 0.3) is 0 Å². The molecule has 0 bridgehead atoms. The van der Waals surface area contributed by atoms with Crippen molar-refractivity contribution in [2.75, 3.05) is 26.2 Å². The maximum Gasteiger partial charge on any atom is 0.263 e. The molecule has 1 aromatic rings. The van der Waals surface area contributed by atoms with Crippen LogP contribution in [0.4, 0.5) is 0 Å². The Balaban J connectivity index is 1.51. The number of amidine groups is 1. The van der Waals surface area contributed by atoms with E-state index in [0.29, 0.717) is 31.7 Å². The van der Waals surface area contributed by atoms with Gasteiger partial charge in [-0.2, -0.15) is 0 Å². The van der Waals surface area contributed by atoms with Crippen LogP contribution in [0.3, 0.4) is 0 Å². The fraction of sp³-hybridized carbons (Fsp3) is 0.550. The molecule has 156 valence electrons. The minimum absolute atomic E-state index is 0.0987. The van der Waals surface area contributed by atoms with Crippen molar-refractivity contribution >= 4 is 27.7 Å². The standard InChI is InChI=1S/C20H26N4O4S/c1-13(2)17(21-18-15-5-3-4-6-16(15)29(27,28)22-18)20(26)24-11-9-23(10-12-24)19(25)14-7-8-14/h3-6,13-14,17H,7-12H2,1-2H3,(H,21,22)/t17-/m0/s1. The van der Waals surface area contributed by atoms with Crippen LogP contribution in [0.5, 0.6) is 0 Å². The molecule has 2 fully saturated rings. The van der Waals surface area contributed by atoms with Crippen LogP contribution in [0, 0.1) is 11.8 Å². The van der Waals surface area contributed by atoms with E-state index in [1.807, 2.05) is 18.7 Å². The summed E-state index contributed by atoms with van der Waals surface area (Å²) >= 11 is 0. The van der Waals surface area contributed by atoms with E-state index >= 15 is 0 Å². The van der Waals surface area contributed by atoms with Crippen molar-refractivity contribution in [3.8, 4) is 0 Å². The fourth-order valence-corrected chi connectivity index (χ4v) is 5.02. The molecule has 2 aliphatic heterocycles. The van der Waals surface area contributed by atoms with Crippen LogP contribution in [-0.4, -0.2) is 68.1 Å². The number of carbonyl (C=O) groups is 2. The average molecular weight is 419 g/mol. The number of hydrogen-bond donors (Lipinski definition) is 1. The zero-order chi connectivity index (χ0) is 20.8. The highest BCUT2D eigenvalue weighted by atomic mass is 32.2. The van der Waals surface area contributed by atoms with Gasteiger partial charge in [0.25, 0.3) is 10.0 Å². The molecule has 3 aliphatic rings. The van der Waals surface area contributed by atoms with Crippen LogP contribution < -0.4 is 4.72 Å². The number of sulfonamides is 1. The maximum absolute atomic E-state index is 13.2. The Morgan fingerprint density at radius 1 is 1.07 bits per heavy atom. The SMILES string of the molecule is CC(C)[C@H](N=C1NS(=O)(=O)c2ccccc21)C(=O)N1CCN(C(=O)C2CC2)CC1. The van der Waals surface area contributed by atoms with Crippen LogP contribution in [0.15, 0.2) is 34.2 Å². The molecule has 1 atom stereocenters.